The van der Waals surface area contributed by atoms with E-state index in [4.69, 9.17) is 16.3 Å². The maximum Gasteiger partial charge on any atom is 0.243 e. The van der Waals surface area contributed by atoms with Crippen molar-refractivity contribution in [3.63, 3.8) is 0 Å². The van der Waals surface area contributed by atoms with Gasteiger partial charge in [0.15, 0.2) is 0 Å². The SMILES string of the molecule is Cc1cc(C)cc(OCCNC(=O)C(C)N(c2ccc(Cl)cc2)S(C)(=O)=O)c1. The van der Waals surface area contributed by atoms with Crippen LogP contribution in [0.1, 0.15) is 18.1 Å². The molecule has 1 atom stereocenters. The Morgan fingerprint density at radius 1 is 1.14 bits per heavy atom. The lowest BCUT2D eigenvalue weighted by Gasteiger charge is -2.28. The Labute approximate surface area is 171 Å². The summed E-state index contributed by atoms with van der Waals surface area (Å²) in [4.78, 5) is 12.5. The van der Waals surface area contributed by atoms with Gasteiger partial charge in [0.2, 0.25) is 15.9 Å². The molecule has 0 saturated heterocycles. The van der Waals surface area contributed by atoms with Crippen LogP contribution in [0.3, 0.4) is 0 Å². The fourth-order valence-electron chi connectivity index (χ4n) is 2.90. The van der Waals surface area contributed by atoms with Crippen molar-refractivity contribution in [1.82, 2.24) is 5.32 Å². The number of nitrogens with zero attached hydrogens (tertiary/aromatic N) is 1. The van der Waals surface area contributed by atoms with Crippen molar-refractivity contribution in [3.8, 4) is 5.75 Å². The smallest absolute Gasteiger partial charge is 0.243 e. The molecule has 0 saturated carbocycles. The molecule has 28 heavy (non-hydrogen) atoms. The first-order valence-electron chi connectivity index (χ1n) is 8.81. The second-order valence-electron chi connectivity index (χ2n) is 6.67. The number of nitrogens with one attached hydrogen (secondary N) is 1. The van der Waals surface area contributed by atoms with Gasteiger partial charge in [-0.1, -0.05) is 17.7 Å². The first-order chi connectivity index (χ1) is 13.1. The highest BCUT2D eigenvalue weighted by atomic mass is 35.5. The van der Waals surface area contributed by atoms with Crippen LogP contribution in [0.5, 0.6) is 5.75 Å². The highest BCUT2D eigenvalue weighted by Crippen LogP contribution is 2.23. The number of hydrogen-bond donors (Lipinski definition) is 1. The van der Waals surface area contributed by atoms with Gasteiger partial charge < -0.3 is 10.1 Å². The fourth-order valence-corrected chi connectivity index (χ4v) is 4.20. The normalized spacial score (nSPS) is 12.3. The van der Waals surface area contributed by atoms with Crippen molar-refractivity contribution < 1.29 is 17.9 Å². The van der Waals surface area contributed by atoms with Crippen molar-refractivity contribution >= 4 is 33.2 Å². The van der Waals surface area contributed by atoms with Gasteiger partial charge in [-0.3, -0.25) is 9.10 Å². The van der Waals surface area contributed by atoms with Crippen LogP contribution in [-0.2, 0) is 14.8 Å². The number of rotatable bonds is 8. The number of sulfonamides is 1. The Balaban J connectivity index is 1.98. The summed E-state index contributed by atoms with van der Waals surface area (Å²) in [5.74, 6) is 0.322. The summed E-state index contributed by atoms with van der Waals surface area (Å²) in [7, 11) is -3.66. The standard InChI is InChI=1S/C20H25ClN2O4S/c1-14-11-15(2)13-19(12-14)27-10-9-22-20(24)16(3)23(28(4,25)26)18-7-5-17(21)6-8-18/h5-8,11-13,16H,9-10H2,1-4H3,(H,22,24). The lowest BCUT2D eigenvalue weighted by Crippen LogP contribution is -2.48. The minimum Gasteiger partial charge on any atom is -0.492 e. The van der Waals surface area contributed by atoms with E-state index in [9.17, 15) is 13.2 Å². The van der Waals surface area contributed by atoms with E-state index in [1.54, 1.807) is 24.3 Å². The van der Waals surface area contributed by atoms with Gasteiger partial charge in [-0.05, 0) is 68.3 Å². The van der Waals surface area contributed by atoms with Crippen molar-refractivity contribution in [1.29, 1.82) is 0 Å². The van der Waals surface area contributed by atoms with Gasteiger partial charge >= 0.3 is 0 Å². The molecule has 8 heteroatoms. The molecule has 1 unspecified atom stereocenters. The molecule has 2 aromatic rings. The van der Waals surface area contributed by atoms with Gasteiger partial charge in [0.05, 0.1) is 18.5 Å². The third kappa shape index (κ3) is 6.14. The van der Waals surface area contributed by atoms with Crippen molar-refractivity contribution in [2.24, 2.45) is 0 Å². The van der Waals surface area contributed by atoms with Gasteiger partial charge in [-0.25, -0.2) is 8.42 Å². The predicted octanol–water partition coefficient (Wildman–Crippen LogP) is 3.31. The molecule has 2 aromatic carbocycles. The molecule has 0 aliphatic carbocycles. The molecule has 1 N–H and O–H groups in total. The van der Waals surface area contributed by atoms with E-state index in [0.29, 0.717) is 10.7 Å². The summed E-state index contributed by atoms with van der Waals surface area (Å²) in [6.45, 7) is 6.05. The summed E-state index contributed by atoms with van der Waals surface area (Å²) in [5, 5.41) is 3.20. The molecule has 152 valence electrons. The number of ether oxygens (including phenoxy) is 1. The monoisotopic (exact) mass is 424 g/mol. The first kappa shape index (κ1) is 22.0. The third-order valence-corrected chi connectivity index (χ3v) is 5.53. The molecule has 1 amide bonds. The van der Waals surface area contributed by atoms with Crippen LogP contribution in [0, 0.1) is 13.8 Å². The number of amides is 1. The van der Waals surface area contributed by atoms with Gasteiger partial charge in [-0.15, -0.1) is 0 Å². The van der Waals surface area contributed by atoms with E-state index in [-0.39, 0.29) is 13.2 Å². The van der Waals surface area contributed by atoms with E-state index in [0.717, 1.165) is 27.4 Å². The number of aryl methyl sites for hydroxylation is 2. The zero-order valence-electron chi connectivity index (χ0n) is 16.4. The summed E-state index contributed by atoms with van der Waals surface area (Å²) >= 11 is 5.87. The molecule has 0 aliphatic rings. The number of benzene rings is 2. The average molecular weight is 425 g/mol. The number of halogens is 1. The highest BCUT2D eigenvalue weighted by molar-refractivity contribution is 7.92. The van der Waals surface area contributed by atoms with Gasteiger partial charge in [0, 0.05) is 5.02 Å². The lowest BCUT2D eigenvalue weighted by molar-refractivity contribution is -0.121. The minimum atomic E-state index is -3.66. The van der Waals surface area contributed by atoms with Crippen molar-refractivity contribution in [2.45, 2.75) is 26.8 Å². The van der Waals surface area contributed by atoms with E-state index < -0.39 is 22.0 Å². The lowest BCUT2D eigenvalue weighted by atomic mass is 10.1. The van der Waals surface area contributed by atoms with Crippen LogP contribution in [0.25, 0.3) is 0 Å². The van der Waals surface area contributed by atoms with Crippen molar-refractivity contribution in [3.05, 3.63) is 58.6 Å². The Hall–Kier alpha value is -2.25. The Morgan fingerprint density at radius 3 is 2.25 bits per heavy atom. The van der Waals surface area contributed by atoms with E-state index >= 15 is 0 Å². The molecule has 0 fully saturated rings. The second-order valence-corrected chi connectivity index (χ2v) is 8.97. The summed E-state index contributed by atoms with van der Waals surface area (Å²) < 4.78 is 31.2. The number of hydrogen-bond acceptors (Lipinski definition) is 4. The van der Waals surface area contributed by atoms with E-state index in [1.165, 1.54) is 6.92 Å². The highest BCUT2D eigenvalue weighted by Gasteiger charge is 2.28. The van der Waals surface area contributed by atoms with Crippen LogP contribution in [0.15, 0.2) is 42.5 Å². The van der Waals surface area contributed by atoms with Crippen LogP contribution in [0.4, 0.5) is 5.69 Å². The zero-order chi connectivity index (χ0) is 20.9. The largest absolute Gasteiger partial charge is 0.492 e. The minimum absolute atomic E-state index is 0.258. The molecule has 0 aliphatic heterocycles. The fraction of sp³-hybridized carbons (Fsp3) is 0.350. The van der Waals surface area contributed by atoms with Gasteiger partial charge in [0.25, 0.3) is 0 Å². The molecule has 0 bridgehead atoms. The van der Waals surface area contributed by atoms with Crippen molar-refractivity contribution in [2.75, 3.05) is 23.7 Å². The molecular weight excluding hydrogens is 400 g/mol. The molecule has 6 nitrogen and oxygen atoms in total. The molecule has 0 spiro atoms. The van der Waals surface area contributed by atoms with Crippen LogP contribution < -0.4 is 14.4 Å². The van der Waals surface area contributed by atoms with E-state index in [1.807, 2.05) is 32.0 Å². The average Bonchev–Trinajstić information content (AvgIpc) is 2.58. The molecular formula is C20H25ClN2O4S. The molecule has 0 aromatic heterocycles. The topological polar surface area (TPSA) is 75.7 Å². The number of carbonyl (C=O) groups excluding carboxylic acids is 1. The van der Waals surface area contributed by atoms with E-state index in [2.05, 4.69) is 5.32 Å². The summed E-state index contributed by atoms with van der Waals surface area (Å²) in [5.41, 5.74) is 2.57. The zero-order valence-corrected chi connectivity index (χ0v) is 18.0. The van der Waals surface area contributed by atoms with Crippen LogP contribution in [-0.4, -0.2) is 39.8 Å². The van der Waals surface area contributed by atoms with Gasteiger partial charge in [-0.2, -0.15) is 0 Å². The Bertz CT molecular complexity index is 909. The van der Waals surface area contributed by atoms with Crippen LogP contribution >= 0.6 is 11.6 Å². The maximum atomic E-state index is 12.5. The predicted molar refractivity (Wildman–Crippen MR) is 113 cm³/mol. The summed E-state index contributed by atoms with van der Waals surface area (Å²) in [6.07, 6.45) is 1.06. The number of anilines is 1. The Kier molecular flexibility index (Phi) is 7.32. The molecule has 0 heterocycles. The Morgan fingerprint density at radius 2 is 1.71 bits per heavy atom. The third-order valence-electron chi connectivity index (χ3n) is 4.03. The number of carbonyl (C=O) groups is 1. The first-order valence-corrected chi connectivity index (χ1v) is 11.0. The van der Waals surface area contributed by atoms with Crippen LogP contribution in [0.2, 0.25) is 5.02 Å². The maximum absolute atomic E-state index is 12.5. The van der Waals surface area contributed by atoms with Gasteiger partial charge in [0.1, 0.15) is 18.4 Å². The second kappa shape index (κ2) is 9.30. The summed E-state index contributed by atoms with van der Waals surface area (Å²) in [6, 6.07) is 11.3. The molecule has 0 radical (unpaired) electrons. The molecule has 2 rings (SSSR count). The quantitative estimate of drug-likeness (QED) is 0.659.